The minimum atomic E-state index is -0.247. The second kappa shape index (κ2) is 7.35. The van der Waals surface area contributed by atoms with Crippen LogP contribution in [0.15, 0.2) is 42.9 Å². The predicted molar refractivity (Wildman–Crippen MR) is 94.7 cm³/mol. The van der Waals surface area contributed by atoms with Crippen LogP contribution in [0.1, 0.15) is 48.1 Å². The van der Waals surface area contributed by atoms with Crippen LogP contribution < -0.4 is 5.32 Å². The molecular formula is C17H19N5OS. The zero-order chi connectivity index (χ0) is 16.9. The number of para-hydroxylation sites is 1. The Morgan fingerprint density at radius 2 is 1.96 bits per heavy atom. The molecule has 0 aliphatic rings. The number of nitrogens with zero attached hydrogens (tertiary/aromatic N) is 4. The summed E-state index contributed by atoms with van der Waals surface area (Å²) in [7, 11) is 0. The number of benzene rings is 1. The van der Waals surface area contributed by atoms with Gasteiger partial charge in [-0.15, -0.1) is 10.2 Å². The Balaban J connectivity index is 1.78. The van der Waals surface area contributed by atoms with Crippen LogP contribution in [-0.2, 0) is 0 Å². The third-order valence-electron chi connectivity index (χ3n) is 3.90. The molecule has 0 bridgehead atoms. The third-order valence-corrected chi connectivity index (χ3v) is 4.90. The summed E-state index contributed by atoms with van der Waals surface area (Å²) in [5, 5.41) is 12.6. The Kier molecular flexibility index (Phi) is 5.00. The van der Waals surface area contributed by atoms with E-state index in [4.69, 9.17) is 0 Å². The molecule has 0 saturated carbocycles. The van der Waals surface area contributed by atoms with Gasteiger partial charge in [-0.25, -0.2) is 4.98 Å². The molecule has 7 heteroatoms. The van der Waals surface area contributed by atoms with Crippen molar-refractivity contribution >= 4 is 22.4 Å². The maximum absolute atomic E-state index is 12.6. The number of aromatic nitrogens is 4. The third kappa shape index (κ3) is 3.35. The maximum atomic E-state index is 12.6. The minimum Gasteiger partial charge on any atom is -0.295 e. The maximum Gasteiger partial charge on any atom is 0.276 e. The van der Waals surface area contributed by atoms with Crippen LogP contribution in [0.25, 0.3) is 5.69 Å². The number of rotatable bonds is 6. The van der Waals surface area contributed by atoms with Crippen LogP contribution in [0.2, 0.25) is 0 Å². The number of imidazole rings is 1. The average Bonchev–Trinajstić information content (AvgIpc) is 3.26. The van der Waals surface area contributed by atoms with E-state index in [1.165, 1.54) is 11.3 Å². The lowest BCUT2D eigenvalue weighted by molar-refractivity contribution is 0.102. The Morgan fingerprint density at radius 3 is 2.67 bits per heavy atom. The Morgan fingerprint density at radius 1 is 1.21 bits per heavy atom. The van der Waals surface area contributed by atoms with Crippen molar-refractivity contribution in [3.8, 4) is 5.69 Å². The first-order valence-corrected chi connectivity index (χ1v) is 8.77. The fourth-order valence-corrected chi connectivity index (χ4v) is 3.51. The summed E-state index contributed by atoms with van der Waals surface area (Å²) in [6, 6.07) is 9.62. The Bertz CT molecular complexity index is 807. The van der Waals surface area contributed by atoms with Crippen molar-refractivity contribution in [2.24, 2.45) is 0 Å². The smallest absolute Gasteiger partial charge is 0.276 e. The van der Waals surface area contributed by atoms with Crippen molar-refractivity contribution in [1.82, 2.24) is 19.7 Å². The van der Waals surface area contributed by atoms with Crippen molar-refractivity contribution in [3.05, 3.63) is 53.6 Å². The number of amides is 1. The highest BCUT2D eigenvalue weighted by molar-refractivity contribution is 7.15. The van der Waals surface area contributed by atoms with Gasteiger partial charge < -0.3 is 0 Å². The van der Waals surface area contributed by atoms with Crippen molar-refractivity contribution in [2.75, 3.05) is 5.32 Å². The molecule has 1 amide bonds. The van der Waals surface area contributed by atoms with Gasteiger partial charge in [-0.1, -0.05) is 43.4 Å². The fraction of sp³-hybridized carbons (Fsp3) is 0.294. The van der Waals surface area contributed by atoms with Crippen LogP contribution in [0.5, 0.6) is 0 Å². The second-order valence-corrected chi connectivity index (χ2v) is 6.41. The number of hydrogen-bond acceptors (Lipinski definition) is 5. The van der Waals surface area contributed by atoms with Gasteiger partial charge in [0.15, 0.2) is 0 Å². The molecule has 0 radical (unpaired) electrons. The summed E-state index contributed by atoms with van der Waals surface area (Å²) < 4.78 is 1.75. The lowest BCUT2D eigenvalue weighted by Crippen LogP contribution is -2.15. The highest BCUT2D eigenvalue weighted by Gasteiger charge is 2.17. The summed E-state index contributed by atoms with van der Waals surface area (Å²) in [5.41, 5.74) is 1.34. The number of carbonyl (C=O) groups excluding carboxylic acids is 1. The number of anilines is 1. The summed E-state index contributed by atoms with van der Waals surface area (Å²) >= 11 is 1.43. The van der Waals surface area contributed by atoms with Crippen LogP contribution in [-0.4, -0.2) is 25.7 Å². The van der Waals surface area contributed by atoms with Crippen molar-refractivity contribution in [1.29, 1.82) is 0 Å². The quantitative estimate of drug-likeness (QED) is 0.738. The summed E-state index contributed by atoms with van der Waals surface area (Å²) in [6.45, 7) is 4.26. The molecule has 3 rings (SSSR count). The normalized spacial score (nSPS) is 11.0. The molecule has 0 fully saturated rings. The first-order valence-electron chi connectivity index (χ1n) is 7.95. The number of carbonyl (C=O) groups is 1. The van der Waals surface area contributed by atoms with E-state index in [0.717, 1.165) is 23.5 Å². The predicted octanol–water partition coefficient (Wildman–Crippen LogP) is 3.88. The van der Waals surface area contributed by atoms with Gasteiger partial charge in [0, 0.05) is 11.6 Å². The monoisotopic (exact) mass is 341 g/mol. The molecule has 0 aliphatic carbocycles. The second-order valence-electron chi connectivity index (χ2n) is 5.40. The Labute approximate surface area is 144 Å². The molecule has 124 valence electrons. The van der Waals surface area contributed by atoms with Crippen molar-refractivity contribution < 1.29 is 4.79 Å². The summed E-state index contributed by atoms with van der Waals surface area (Å²) in [5.74, 6) is 0.145. The van der Waals surface area contributed by atoms with E-state index in [1.54, 1.807) is 17.1 Å². The molecule has 0 saturated heterocycles. The molecule has 0 aliphatic heterocycles. The average molecular weight is 341 g/mol. The van der Waals surface area contributed by atoms with E-state index in [1.807, 2.05) is 30.3 Å². The highest BCUT2D eigenvalue weighted by atomic mass is 32.1. The van der Waals surface area contributed by atoms with Gasteiger partial charge >= 0.3 is 0 Å². The van der Waals surface area contributed by atoms with Crippen molar-refractivity contribution in [2.45, 2.75) is 32.6 Å². The highest BCUT2D eigenvalue weighted by Crippen LogP contribution is 2.28. The summed E-state index contributed by atoms with van der Waals surface area (Å²) in [6.07, 6.45) is 5.20. The molecule has 1 aromatic carbocycles. The van der Waals surface area contributed by atoms with E-state index in [-0.39, 0.29) is 5.91 Å². The molecule has 24 heavy (non-hydrogen) atoms. The molecule has 0 unspecified atom stereocenters. The fourth-order valence-electron chi connectivity index (χ4n) is 2.51. The zero-order valence-corrected chi connectivity index (χ0v) is 14.5. The number of hydrogen-bond donors (Lipinski definition) is 1. The van der Waals surface area contributed by atoms with Gasteiger partial charge in [-0.2, -0.15) is 0 Å². The van der Waals surface area contributed by atoms with E-state index < -0.39 is 0 Å². The minimum absolute atomic E-state index is 0.247. The Hall–Kier alpha value is -2.54. The molecule has 0 spiro atoms. The van der Waals surface area contributed by atoms with Gasteiger partial charge in [-0.3, -0.25) is 14.7 Å². The molecule has 3 aromatic rings. The topological polar surface area (TPSA) is 72.7 Å². The van der Waals surface area contributed by atoms with Crippen molar-refractivity contribution in [3.63, 3.8) is 0 Å². The first kappa shape index (κ1) is 16.3. The van der Waals surface area contributed by atoms with Gasteiger partial charge in [0.25, 0.3) is 5.91 Å². The molecule has 0 atom stereocenters. The molecule has 1 N–H and O–H groups in total. The van der Waals surface area contributed by atoms with Gasteiger partial charge in [-0.05, 0) is 25.0 Å². The van der Waals surface area contributed by atoms with Gasteiger partial charge in [0.05, 0.1) is 12.5 Å². The lowest BCUT2D eigenvalue weighted by Gasteiger charge is -2.07. The molecule has 6 nitrogen and oxygen atoms in total. The van der Waals surface area contributed by atoms with E-state index in [9.17, 15) is 4.79 Å². The summed E-state index contributed by atoms with van der Waals surface area (Å²) in [4.78, 5) is 16.6. The van der Waals surface area contributed by atoms with Crippen LogP contribution in [0.4, 0.5) is 5.13 Å². The standard InChI is InChI=1S/C17H19N5OS/c1-3-12(4-2)16-20-21-17(24-16)19-15(23)14-10-18-11-22(14)13-8-6-5-7-9-13/h5-12H,3-4H2,1-2H3,(H,19,21,23). The van der Waals surface area contributed by atoms with E-state index in [2.05, 4.69) is 34.3 Å². The largest absolute Gasteiger partial charge is 0.295 e. The van der Waals surface area contributed by atoms with E-state index in [0.29, 0.717) is 16.7 Å². The molecule has 2 heterocycles. The van der Waals surface area contributed by atoms with Gasteiger partial charge in [0.1, 0.15) is 10.7 Å². The van der Waals surface area contributed by atoms with Crippen LogP contribution in [0.3, 0.4) is 0 Å². The van der Waals surface area contributed by atoms with Crippen LogP contribution in [0, 0.1) is 0 Å². The van der Waals surface area contributed by atoms with E-state index >= 15 is 0 Å². The van der Waals surface area contributed by atoms with Gasteiger partial charge in [0.2, 0.25) is 5.13 Å². The molecular weight excluding hydrogens is 322 g/mol. The first-order chi connectivity index (χ1) is 11.7. The zero-order valence-electron chi connectivity index (χ0n) is 13.6. The lowest BCUT2D eigenvalue weighted by atomic mass is 10.1. The van der Waals surface area contributed by atoms with Crippen LogP contribution >= 0.6 is 11.3 Å². The number of nitrogens with one attached hydrogen (secondary N) is 1. The SMILES string of the molecule is CCC(CC)c1nnc(NC(=O)c2cncn2-c2ccccc2)s1. The molecule has 2 aromatic heterocycles.